The molecule has 0 aromatic heterocycles. The number of aryl methyl sites for hydroxylation is 1. The molecule has 1 fully saturated rings. The molecule has 2 atom stereocenters. The van der Waals surface area contributed by atoms with Crippen LogP contribution < -0.4 is 0 Å². The number of hydrogen-bond donors (Lipinski definition) is 1. The average molecular weight is 364 g/mol. The molecule has 2 heteroatoms. The Hall–Kier alpha value is -1.90. The summed E-state index contributed by atoms with van der Waals surface area (Å²) in [6.45, 7) is 3.06. The van der Waals surface area contributed by atoms with Crippen molar-refractivity contribution >= 4 is 6.08 Å². The minimum Gasteiger partial charge on any atom is -0.385 e. The first kappa shape index (κ1) is 19.9. The second-order valence-electron chi connectivity index (χ2n) is 8.31. The summed E-state index contributed by atoms with van der Waals surface area (Å²) in [5.74, 6) is 0.240. The van der Waals surface area contributed by atoms with Crippen LogP contribution in [0.15, 0.2) is 60.2 Å². The Morgan fingerprint density at radius 3 is 2.44 bits per heavy atom. The van der Waals surface area contributed by atoms with E-state index in [4.69, 9.17) is 0 Å². The van der Waals surface area contributed by atoms with Gasteiger partial charge in [0.15, 0.2) is 0 Å². The summed E-state index contributed by atoms with van der Waals surface area (Å²) in [6.07, 6.45) is 7.32. The molecule has 2 unspecified atom stereocenters. The number of hydrogen-bond acceptors (Lipinski definition) is 2. The van der Waals surface area contributed by atoms with Gasteiger partial charge in [0.25, 0.3) is 0 Å². The van der Waals surface area contributed by atoms with Gasteiger partial charge in [-0.2, -0.15) is 0 Å². The van der Waals surface area contributed by atoms with Crippen molar-refractivity contribution in [2.45, 2.75) is 44.6 Å². The normalized spacial score (nSPS) is 24.9. The Bertz CT molecular complexity index is 765. The zero-order valence-electron chi connectivity index (χ0n) is 17.0. The topological polar surface area (TPSA) is 23.5 Å². The van der Waals surface area contributed by atoms with E-state index in [2.05, 4.69) is 80.5 Å². The van der Waals surface area contributed by atoms with Crippen LogP contribution in [0, 0.1) is 12.8 Å². The average Bonchev–Trinajstić information content (AvgIpc) is 2.78. The van der Waals surface area contributed by atoms with Crippen LogP contribution in [0.1, 0.15) is 42.4 Å². The maximum atomic E-state index is 12.2. The maximum Gasteiger partial charge on any atom is 0.0940 e. The lowest BCUT2D eigenvalue weighted by atomic mass is 9.74. The van der Waals surface area contributed by atoms with Crippen LogP contribution in [-0.2, 0) is 6.42 Å². The van der Waals surface area contributed by atoms with Crippen LogP contribution in [0.25, 0.3) is 6.08 Å². The molecule has 1 saturated carbocycles. The highest BCUT2D eigenvalue weighted by Crippen LogP contribution is 2.40. The molecule has 2 aromatic carbocycles. The third kappa shape index (κ3) is 4.88. The number of benzene rings is 2. The molecule has 1 N–H and O–H groups in total. The fourth-order valence-corrected chi connectivity index (χ4v) is 4.41. The molecule has 0 bridgehead atoms. The largest absolute Gasteiger partial charge is 0.385 e. The van der Waals surface area contributed by atoms with Gasteiger partial charge >= 0.3 is 0 Å². The second-order valence-corrected chi connectivity index (χ2v) is 8.31. The molecule has 0 aliphatic heterocycles. The molecule has 0 spiro atoms. The predicted octanol–water partition coefficient (Wildman–Crippen LogP) is 5.10. The molecule has 2 aromatic rings. The van der Waals surface area contributed by atoms with Crippen molar-refractivity contribution in [2.75, 3.05) is 20.6 Å². The molecule has 144 valence electrons. The first-order valence-corrected chi connectivity index (χ1v) is 10.2. The first-order chi connectivity index (χ1) is 13.0. The van der Waals surface area contributed by atoms with E-state index in [1.165, 1.54) is 28.7 Å². The smallest absolute Gasteiger partial charge is 0.0940 e. The molecule has 0 amide bonds. The molecule has 1 aliphatic carbocycles. The van der Waals surface area contributed by atoms with Gasteiger partial charge in [-0.05, 0) is 62.5 Å². The predicted molar refractivity (Wildman–Crippen MR) is 115 cm³/mol. The minimum atomic E-state index is -0.803. The third-order valence-corrected chi connectivity index (χ3v) is 5.93. The van der Waals surface area contributed by atoms with Crippen molar-refractivity contribution in [2.24, 2.45) is 5.92 Å². The zero-order valence-corrected chi connectivity index (χ0v) is 17.0. The Balaban J connectivity index is 2.05. The monoisotopic (exact) mass is 363 g/mol. The van der Waals surface area contributed by atoms with Gasteiger partial charge in [-0.3, -0.25) is 0 Å². The summed E-state index contributed by atoms with van der Waals surface area (Å²) in [6, 6.07) is 18.9. The molecule has 0 saturated heterocycles. The van der Waals surface area contributed by atoms with Crippen LogP contribution in [-0.4, -0.2) is 36.2 Å². The van der Waals surface area contributed by atoms with E-state index < -0.39 is 5.60 Å². The molecule has 0 heterocycles. The van der Waals surface area contributed by atoms with E-state index in [-0.39, 0.29) is 5.92 Å². The molecule has 0 radical (unpaired) electrons. The van der Waals surface area contributed by atoms with Crippen LogP contribution in [0.4, 0.5) is 0 Å². The highest BCUT2D eigenvalue weighted by atomic mass is 16.3. The summed E-state index contributed by atoms with van der Waals surface area (Å²) in [7, 11) is 4.22. The molecular formula is C25H33NO. The van der Waals surface area contributed by atoms with E-state index in [0.717, 1.165) is 25.8 Å². The minimum absolute atomic E-state index is 0.240. The van der Waals surface area contributed by atoms with Gasteiger partial charge < -0.3 is 10.0 Å². The molecular weight excluding hydrogens is 330 g/mol. The van der Waals surface area contributed by atoms with E-state index >= 15 is 0 Å². The highest BCUT2D eigenvalue weighted by molar-refractivity contribution is 5.56. The summed E-state index contributed by atoms with van der Waals surface area (Å²) in [5, 5.41) is 12.2. The van der Waals surface area contributed by atoms with Crippen molar-refractivity contribution in [1.29, 1.82) is 0 Å². The first-order valence-electron chi connectivity index (χ1n) is 10.2. The van der Waals surface area contributed by atoms with Crippen molar-refractivity contribution < 1.29 is 5.11 Å². The van der Waals surface area contributed by atoms with Gasteiger partial charge in [0.1, 0.15) is 0 Å². The van der Waals surface area contributed by atoms with Gasteiger partial charge in [-0.25, -0.2) is 0 Å². The zero-order chi connectivity index (χ0) is 19.3. The lowest BCUT2D eigenvalue weighted by Gasteiger charge is -2.39. The molecule has 27 heavy (non-hydrogen) atoms. The fraction of sp³-hybridized carbons (Fsp3) is 0.440. The van der Waals surface area contributed by atoms with Crippen LogP contribution in [0.2, 0.25) is 0 Å². The Kier molecular flexibility index (Phi) is 6.51. The van der Waals surface area contributed by atoms with E-state index in [0.29, 0.717) is 6.42 Å². The van der Waals surface area contributed by atoms with E-state index in [9.17, 15) is 5.11 Å². The molecule has 3 rings (SSSR count). The van der Waals surface area contributed by atoms with Crippen LogP contribution >= 0.6 is 0 Å². The Morgan fingerprint density at radius 1 is 1.04 bits per heavy atom. The van der Waals surface area contributed by atoms with Gasteiger partial charge in [-0.1, -0.05) is 67.1 Å². The highest BCUT2D eigenvalue weighted by Gasteiger charge is 2.41. The third-order valence-electron chi connectivity index (χ3n) is 5.93. The lowest BCUT2D eigenvalue weighted by Crippen LogP contribution is -2.45. The number of aliphatic hydroxyl groups is 1. The van der Waals surface area contributed by atoms with Crippen molar-refractivity contribution in [3.05, 3.63) is 76.9 Å². The maximum absolute atomic E-state index is 12.2. The molecule has 2 nitrogen and oxygen atoms in total. The Labute approximate surface area is 164 Å². The van der Waals surface area contributed by atoms with Crippen LogP contribution in [0.5, 0.6) is 0 Å². The number of rotatable bonds is 5. The standard InChI is InChI=1S/C25H33NO/c1-20-11-7-8-14-22(20)18-25(27)23(17-21-12-5-4-6-13-21)15-9-10-16-24(25)19-26(2)3/h4-8,11-14,17,24,27H,9-10,15-16,18-19H2,1-3H3/b23-17-. The van der Waals surface area contributed by atoms with Crippen molar-refractivity contribution in [1.82, 2.24) is 4.90 Å². The lowest BCUT2D eigenvalue weighted by molar-refractivity contribution is 0.00505. The summed E-state index contributed by atoms with van der Waals surface area (Å²) < 4.78 is 0. The van der Waals surface area contributed by atoms with Gasteiger partial charge in [0.2, 0.25) is 0 Å². The summed E-state index contributed by atoms with van der Waals surface area (Å²) >= 11 is 0. The quantitative estimate of drug-likeness (QED) is 0.747. The van der Waals surface area contributed by atoms with Gasteiger partial charge in [-0.15, -0.1) is 0 Å². The summed E-state index contributed by atoms with van der Waals surface area (Å²) in [4.78, 5) is 2.22. The van der Waals surface area contributed by atoms with E-state index in [1.807, 2.05) is 6.07 Å². The number of nitrogens with zero attached hydrogens (tertiary/aromatic N) is 1. The second kappa shape index (κ2) is 8.86. The van der Waals surface area contributed by atoms with Gasteiger partial charge in [0.05, 0.1) is 5.60 Å². The van der Waals surface area contributed by atoms with Crippen molar-refractivity contribution in [3.63, 3.8) is 0 Å². The van der Waals surface area contributed by atoms with Crippen molar-refractivity contribution in [3.8, 4) is 0 Å². The van der Waals surface area contributed by atoms with E-state index in [1.54, 1.807) is 0 Å². The van der Waals surface area contributed by atoms with Gasteiger partial charge in [0, 0.05) is 18.9 Å². The summed E-state index contributed by atoms with van der Waals surface area (Å²) in [5.41, 5.74) is 4.09. The Morgan fingerprint density at radius 2 is 1.74 bits per heavy atom. The SMILES string of the molecule is Cc1ccccc1CC1(O)/C(=C\c2ccccc2)CCCCC1CN(C)C. The fourth-order valence-electron chi connectivity index (χ4n) is 4.41. The molecule has 1 aliphatic rings. The van der Waals surface area contributed by atoms with Crippen LogP contribution in [0.3, 0.4) is 0 Å².